The highest BCUT2D eigenvalue weighted by atomic mass is 16.2. The number of aromatic nitrogens is 2. The molecule has 0 saturated carbocycles. The van der Waals surface area contributed by atoms with Crippen molar-refractivity contribution in [2.75, 3.05) is 5.32 Å². The van der Waals surface area contributed by atoms with E-state index in [1.807, 2.05) is 30.8 Å². The zero-order valence-electron chi connectivity index (χ0n) is 32.5. The molecule has 0 bridgehead atoms. The number of carbonyl (C=O) groups is 2. The summed E-state index contributed by atoms with van der Waals surface area (Å²) in [6.07, 6.45) is 44.4. The van der Waals surface area contributed by atoms with Gasteiger partial charge in [-0.2, -0.15) is 0 Å². The van der Waals surface area contributed by atoms with Gasteiger partial charge in [-0.15, -0.1) is 0 Å². The molecule has 0 saturated heterocycles. The molecule has 0 radical (unpaired) electrons. The number of nitrogens with one attached hydrogen (secondary N) is 3. The Bertz CT molecular complexity index is 881. The van der Waals surface area contributed by atoms with Crippen molar-refractivity contribution in [2.45, 2.75) is 239 Å². The number of imidazole rings is 1. The molecule has 280 valence electrons. The Labute approximate surface area is 298 Å². The van der Waals surface area contributed by atoms with Crippen LogP contribution in [0.4, 0.5) is 5.95 Å². The molecule has 0 aliphatic heterocycles. The Kier molecular flexibility index (Phi) is 28.7. The van der Waals surface area contributed by atoms with E-state index in [1.165, 1.54) is 167 Å². The molecule has 48 heavy (non-hydrogen) atoms. The van der Waals surface area contributed by atoms with Gasteiger partial charge in [0, 0.05) is 12.8 Å². The molecule has 3 N–H and O–H groups in total. The second-order valence-electron chi connectivity index (χ2n) is 15.2. The van der Waals surface area contributed by atoms with E-state index in [2.05, 4.69) is 29.5 Å². The molecule has 0 spiro atoms. The SMILES string of the molecule is CCCCCCCCCCCCCCCCCC(=O)Nc1[nH]cc[n+]1C(C)(C)NC(=O)CCCCCCCCCCCCCCCCC. The highest BCUT2D eigenvalue weighted by molar-refractivity contribution is 5.88. The molecule has 0 aliphatic carbocycles. The molecule has 0 aromatic carbocycles. The molecule has 0 fully saturated rings. The number of amides is 2. The standard InChI is InChI=1S/C42H80N4O2/c1-5-7-9-11-13-15-17-19-21-23-25-27-29-31-33-35-39(47)44-41-43-37-38-46(41)42(3,4)45-40(48)36-34-32-30-28-26-24-22-20-18-16-14-12-10-8-6-2/h37-38H,5-36H2,1-4H3,(H2,43,44,45,47,48)/p+1. The largest absolute Gasteiger partial charge is 0.364 e. The van der Waals surface area contributed by atoms with Crippen molar-refractivity contribution in [1.82, 2.24) is 10.3 Å². The first-order valence-corrected chi connectivity index (χ1v) is 21.1. The van der Waals surface area contributed by atoms with Gasteiger partial charge in [0.25, 0.3) is 5.91 Å². The van der Waals surface area contributed by atoms with Crippen LogP contribution in [-0.2, 0) is 15.3 Å². The van der Waals surface area contributed by atoms with Gasteiger partial charge in [-0.25, -0.2) is 14.9 Å². The number of hydrogen-bond acceptors (Lipinski definition) is 2. The number of anilines is 1. The third-order valence-electron chi connectivity index (χ3n) is 10.0. The highest BCUT2D eigenvalue weighted by Gasteiger charge is 2.30. The Morgan fingerprint density at radius 2 is 0.833 bits per heavy atom. The molecule has 0 unspecified atom stereocenters. The summed E-state index contributed by atoms with van der Waals surface area (Å²) >= 11 is 0. The normalized spacial score (nSPS) is 11.7. The van der Waals surface area contributed by atoms with Crippen molar-refractivity contribution in [3.8, 4) is 0 Å². The van der Waals surface area contributed by atoms with Gasteiger partial charge in [0.05, 0.1) is 12.4 Å². The zero-order chi connectivity index (χ0) is 35.0. The summed E-state index contributed by atoms with van der Waals surface area (Å²) < 4.78 is 1.92. The molecule has 2 amide bonds. The van der Waals surface area contributed by atoms with Gasteiger partial charge < -0.3 is 5.32 Å². The lowest BCUT2D eigenvalue weighted by atomic mass is 10.0. The van der Waals surface area contributed by atoms with Crippen LogP contribution in [0.3, 0.4) is 0 Å². The average Bonchev–Trinajstić information content (AvgIpc) is 3.53. The summed E-state index contributed by atoms with van der Waals surface area (Å²) in [6.45, 7) is 8.52. The number of carbonyl (C=O) groups excluding carboxylic acids is 2. The number of aromatic amines is 1. The van der Waals surface area contributed by atoms with E-state index in [-0.39, 0.29) is 11.8 Å². The molecule has 1 heterocycles. The Hall–Kier alpha value is -1.85. The van der Waals surface area contributed by atoms with Crippen LogP contribution in [0.15, 0.2) is 12.4 Å². The van der Waals surface area contributed by atoms with Crippen LogP contribution in [0.5, 0.6) is 0 Å². The highest BCUT2D eigenvalue weighted by Crippen LogP contribution is 2.16. The second-order valence-corrected chi connectivity index (χ2v) is 15.2. The quantitative estimate of drug-likeness (QED) is 0.0495. The maximum Gasteiger partial charge on any atom is 0.364 e. The van der Waals surface area contributed by atoms with Crippen LogP contribution in [0.2, 0.25) is 0 Å². The minimum absolute atomic E-state index is 0.0285. The molecule has 1 aromatic heterocycles. The van der Waals surface area contributed by atoms with Crippen LogP contribution in [0.1, 0.15) is 233 Å². The molecule has 1 rings (SSSR count). The Balaban J connectivity index is 2.07. The first-order chi connectivity index (χ1) is 23.4. The van der Waals surface area contributed by atoms with E-state index in [9.17, 15) is 9.59 Å². The average molecular weight is 674 g/mol. The molecule has 6 heteroatoms. The monoisotopic (exact) mass is 674 g/mol. The fourth-order valence-electron chi connectivity index (χ4n) is 6.87. The van der Waals surface area contributed by atoms with Crippen LogP contribution >= 0.6 is 0 Å². The Morgan fingerprint density at radius 3 is 1.19 bits per heavy atom. The summed E-state index contributed by atoms with van der Waals surface area (Å²) in [5.41, 5.74) is -0.635. The van der Waals surface area contributed by atoms with Crippen molar-refractivity contribution < 1.29 is 14.2 Å². The lowest BCUT2D eigenvalue weighted by Crippen LogP contribution is -2.62. The molecule has 1 aromatic rings. The predicted molar refractivity (Wildman–Crippen MR) is 206 cm³/mol. The van der Waals surface area contributed by atoms with Gasteiger partial charge in [0.15, 0.2) is 5.66 Å². The summed E-state index contributed by atoms with van der Waals surface area (Å²) in [6, 6.07) is 0. The van der Waals surface area contributed by atoms with E-state index in [0.29, 0.717) is 18.8 Å². The zero-order valence-corrected chi connectivity index (χ0v) is 32.5. The molecular weight excluding hydrogens is 592 g/mol. The first kappa shape index (κ1) is 44.2. The lowest BCUT2D eigenvalue weighted by Gasteiger charge is -2.25. The third kappa shape index (κ3) is 25.2. The maximum absolute atomic E-state index is 12.8. The number of hydrogen-bond donors (Lipinski definition) is 3. The fourth-order valence-corrected chi connectivity index (χ4v) is 6.87. The third-order valence-corrected chi connectivity index (χ3v) is 10.0. The first-order valence-electron chi connectivity index (χ1n) is 21.1. The van der Waals surface area contributed by atoms with Gasteiger partial charge in [0.2, 0.25) is 5.91 Å². The van der Waals surface area contributed by atoms with E-state index < -0.39 is 5.66 Å². The van der Waals surface area contributed by atoms with Crippen molar-refractivity contribution in [3.05, 3.63) is 12.4 Å². The van der Waals surface area contributed by atoms with Crippen LogP contribution in [0.25, 0.3) is 0 Å². The summed E-state index contributed by atoms with van der Waals surface area (Å²) in [4.78, 5) is 28.6. The maximum atomic E-state index is 12.8. The van der Waals surface area contributed by atoms with E-state index >= 15 is 0 Å². The molecule has 6 nitrogen and oxygen atoms in total. The van der Waals surface area contributed by atoms with Crippen molar-refractivity contribution in [1.29, 1.82) is 0 Å². The van der Waals surface area contributed by atoms with Crippen LogP contribution in [-0.4, -0.2) is 16.8 Å². The summed E-state index contributed by atoms with van der Waals surface area (Å²) in [5.74, 6) is 0.720. The molecule has 0 aliphatic rings. The predicted octanol–water partition coefficient (Wildman–Crippen LogP) is 12.6. The van der Waals surface area contributed by atoms with Crippen molar-refractivity contribution in [2.24, 2.45) is 0 Å². The van der Waals surface area contributed by atoms with E-state index in [4.69, 9.17) is 0 Å². The van der Waals surface area contributed by atoms with Gasteiger partial charge in [-0.1, -0.05) is 194 Å². The summed E-state index contributed by atoms with van der Waals surface area (Å²) in [5, 5.41) is 6.21. The second kappa shape index (κ2) is 31.2. The number of H-pyrrole nitrogens is 1. The minimum Gasteiger partial charge on any atom is -0.321 e. The van der Waals surface area contributed by atoms with Crippen LogP contribution < -0.4 is 15.2 Å². The number of rotatable bonds is 35. The summed E-state index contributed by atoms with van der Waals surface area (Å²) in [7, 11) is 0. The van der Waals surface area contributed by atoms with Gasteiger partial charge in [-0.05, 0) is 26.7 Å². The van der Waals surface area contributed by atoms with Gasteiger partial charge in [-0.3, -0.25) is 9.59 Å². The minimum atomic E-state index is -0.635. The van der Waals surface area contributed by atoms with Crippen molar-refractivity contribution in [3.63, 3.8) is 0 Å². The topological polar surface area (TPSA) is 77.9 Å². The van der Waals surface area contributed by atoms with Crippen molar-refractivity contribution >= 4 is 17.8 Å². The van der Waals surface area contributed by atoms with Gasteiger partial charge in [0.1, 0.15) is 0 Å². The Morgan fingerprint density at radius 1 is 0.521 bits per heavy atom. The van der Waals surface area contributed by atoms with Crippen LogP contribution in [0, 0.1) is 0 Å². The van der Waals surface area contributed by atoms with Gasteiger partial charge >= 0.3 is 5.95 Å². The molecular formula is C42H81N4O2+. The number of nitrogens with zero attached hydrogens (tertiary/aromatic N) is 1. The fraction of sp³-hybridized carbons (Fsp3) is 0.881. The van der Waals surface area contributed by atoms with E-state index in [1.54, 1.807) is 0 Å². The lowest BCUT2D eigenvalue weighted by molar-refractivity contribution is -0.748. The molecule has 0 atom stereocenters. The smallest absolute Gasteiger partial charge is 0.321 e. The van der Waals surface area contributed by atoms with E-state index in [0.717, 1.165) is 25.7 Å². The number of unbranched alkanes of at least 4 members (excludes halogenated alkanes) is 28.